The summed E-state index contributed by atoms with van der Waals surface area (Å²) in [6, 6.07) is 4.51. The smallest absolute Gasteiger partial charge is 0.435 e. The summed E-state index contributed by atoms with van der Waals surface area (Å²) in [4.78, 5) is 41.4. The molecule has 1 aliphatic carbocycles. The number of fused-ring (bicyclic) bond motifs is 2. The van der Waals surface area contributed by atoms with E-state index in [9.17, 15) is 27.6 Å². The van der Waals surface area contributed by atoms with Crippen molar-refractivity contribution in [3.05, 3.63) is 76.3 Å². The lowest BCUT2D eigenvalue weighted by atomic mass is 9.98. The summed E-state index contributed by atoms with van der Waals surface area (Å²) in [5.74, 6) is -2.16. The molecular formula is C24H21F3N4O5. The lowest BCUT2D eigenvalue weighted by Crippen LogP contribution is -2.29. The number of nitrogens with one attached hydrogen (secondary N) is 1. The van der Waals surface area contributed by atoms with Crippen LogP contribution in [0.25, 0.3) is 5.65 Å². The number of carbonyl (C=O) groups excluding carboxylic acids is 3. The molecule has 9 nitrogen and oxygen atoms in total. The average Bonchev–Trinajstić information content (AvgIpc) is 3.46. The van der Waals surface area contributed by atoms with Crippen LogP contribution in [0.15, 0.2) is 36.9 Å². The second-order valence-electron chi connectivity index (χ2n) is 8.07. The van der Waals surface area contributed by atoms with E-state index in [1.807, 2.05) is 0 Å². The summed E-state index contributed by atoms with van der Waals surface area (Å²) >= 11 is 0. The highest BCUT2D eigenvalue weighted by molar-refractivity contribution is 5.97. The van der Waals surface area contributed by atoms with E-state index in [0.717, 1.165) is 34.4 Å². The zero-order chi connectivity index (χ0) is 26.2. The van der Waals surface area contributed by atoms with Crippen molar-refractivity contribution in [3.8, 4) is 0 Å². The number of rotatable bonds is 6. The minimum atomic E-state index is -4.78. The molecule has 1 N–H and O–H groups in total. The molecule has 188 valence electrons. The summed E-state index contributed by atoms with van der Waals surface area (Å²) in [6.45, 7) is 5.37. The fraction of sp³-hybridized carbons (Fsp3) is 0.292. The van der Waals surface area contributed by atoms with E-state index in [0.29, 0.717) is 24.5 Å². The van der Waals surface area contributed by atoms with Gasteiger partial charge in [0.15, 0.2) is 17.0 Å². The van der Waals surface area contributed by atoms with Crippen molar-refractivity contribution in [2.45, 2.75) is 32.0 Å². The van der Waals surface area contributed by atoms with E-state index in [-0.39, 0.29) is 23.6 Å². The number of aromatic nitrogens is 3. The van der Waals surface area contributed by atoms with Gasteiger partial charge in [-0.2, -0.15) is 18.3 Å². The fourth-order valence-corrected chi connectivity index (χ4v) is 4.18. The highest BCUT2D eigenvalue weighted by Crippen LogP contribution is 2.35. The van der Waals surface area contributed by atoms with E-state index in [1.54, 1.807) is 19.1 Å². The predicted octanol–water partition coefficient (Wildman–Crippen LogP) is 3.60. The second-order valence-corrected chi connectivity index (χ2v) is 8.07. The van der Waals surface area contributed by atoms with Crippen LogP contribution in [0.3, 0.4) is 0 Å². The molecule has 2 heterocycles. The molecule has 1 aromatic carbocycles. The van der Waals surface area contributed by atoms with Gasteiger partial charge in [-0.25, -0.2) is 19.1 Å². The van der Waals surface area contributed by atoms with Gasteiger partial charge >= 0.3 is 18.1 Å². The van der Waals surface area contributed by atoms with Crippen molar-refractivity contribution >= 4 is 23.5 Å². The molecular weight excluding hydrogens is 481 g/mol. The highest BCUT2D eigenvalue weighted by atomic mass is 19.4. The maximum absolute atomic E-state index is 13.2. The second kappa shape index (κ2) is 9.44. The number of halogens is 3. The maximum atomic E-state index is 13.2. The molecule has 4 rings (SSSR count). The third kappa shape index (κ3) is 4.53. The van der Waals surface area contributed by atoms with Gasteiger partial charge in [0.05, 0.1) is 18.7 Å². The first-order valence-electron chi connectivity index (χ1n) is 10.8. The zero-order valence-corrected chi connectivity index (χ0v) is 19.3. The van der Waals surface area contributed by atoms with Crippen LogP contribution in [0, 0.1) is 6.92 Å². The van der Waals surface area contributed by atoms with Crippen LogP contribution >= 0.6 is 0 Å². The van der Waals surface area contributed by atoms with Crippen molar-refractivity contribution < 1.29 is 37.0 Å². The molecule has 0 radical (unpaired) electrons. The van der Waals surface area contributed by atoms with Crippen molar-refractivity contribution in [2.24, 2.45) is 0 Å². The van der Waals surface area contributed by atoms with Crippen molar-refractivity contribution in [3.63, 3.8) is 0 Å². The van der Waals surface area contributed by atoms with E-state index in [4.69, 9.17) is 4.74 Å². The van der Waals surface area contributed by atoms with E-state index in [1.165, 1.54) is 6.08 Å². The third-order valence-corrected chi connectivity index (χ3v) is 5.90. The zero-order valence-electron chi connectivity index (χ0n) is 19.3. The van der Waals surface area contributed by atoms with Gasteiger partial charge in [0.25, 0.3) is 5.91 Å². The highest BCUT2D eigenvalue weighted by Gasteiger charge is 2.36. The number of hydrogen-bond acceptors (Lipinski definition) is 7. The average molecular weight is 502 g/mol. The Bertz CT molecular complexity index is 1400. The number of carbonyl (C=O) groups is 3. The Kier molecular flexibility index (Phi) is 6.53. The molecule has 2 aromatic heterocycles. The topological polar surface area (TPSA) is 112 Å². The van der Waals surface area contributed by atoms with Crippen LogP contribution in [0.2, 0.25) is 0 Å². The minimum absolute atomic E-state index is 0.0749. The van der Waals surface area contributed by atoms with Crippen LogP contribution in [0.1, 0.15) is 66.2 Å². The number of esters is 2. The molecule has 0 saturated heterocycles. The van der Waals surface area contributed by atoms with Crippen LogP contribution in [-0.2, 0) is 22.1 Å². The number of alkyl halides is 3. The lowest BCUT2D eigenvalue weighted by molar-refractivity contribution is -0.141. The van der Waals surface area contributed by atoms with Gasteiger partial charge < -0.3 is 14.8 Å². The predicted molar refractivity (Wildman–Crippen MR) is 120 cm³/mol. The molecule has 0 fully saturated rings. The number of ether oxygens (including phenoxy) is 2. The van der Waals surface area contributed by atoms with Gasteiger partial charge in [-0.1, -0.05) is 18.7 Å². The molecule has 12 heteroatoms. The van der Waals surface area contributed by atoms with Crippen molar-refractivity contribution in [1.82, 2.24) is 19.9 Å². The van der Waals surface area contributed by atoms with E-state index >= 15 is 0 Å². The summed E-state index contributed by atoms with van der Waals surface area (Å²) in [5, 5.41) is 6.27. The van der Waals surface area contributed by atoms with Crippen LogP contribution < -0.4 is 5.32 Å². The maximum Gasteiger partial charge on any atom is 0.435 e. The van der Waals surface area contributed by atoms with Crippen LogP contribution in [-0.4, -0.2) is 46.2 Å². The van der Waals surface area contributed by atoms with Gasteiger partial charge in [-0.05, 0) is 42.5 Å². The number of hydrogen-bond donors (Lipinski definition) is 1. The molecule has 1 unspecified atom stereocenters. The van der Waals surface area contributed by atoms with Crippen molar-refractivity contribution in [2.75, 3.05) is 13.7 Å². The normalized spacial score (nSPS) is 14.9. The summed E-state index contributed by atoms with van der Waals surface area (Å²) in [5.41, 5.74) is 0.527. The van der Waals surface area contributed by atoms with E-state index in [2.05, 4.69) is 26.7 Å². The molecule has 0 aliphatic heterocycles. The molecule has 1 amide bonds. The first-order valence-corrected chi connectivity index (χ1v) is 10.8. The van der Waals surface area contributed by atoms with Gasteiger partial charge in [-0.15, -0.1) is 0 Å². The van der Waals surface area contributed by atoms with Crippen LogP contribution in [0.4, 0.5) is 13.2 Å². The summed E-state index contributed by atoms with van der Waals surface area (Å²) < 4.78 is 50.2. The first kappa shape index (κ1) is 24.9. The Morgan fingerprint density at radius 1 is 1.25 bits per heavy atom. The van der Waals surface area contributed by atoms with Crippen LogP contribution in [0.5, 0.6) is 0 Å². The molecule has 0 bridgehead atoms. The Morgan fingerprint density at radius 3 is 2.67 bits per heavy atom. The number of benzene rings is 1. The quantitative estimate of drug-likeness (QED) is 0.405. The first-order chi connectivity index (χ1) is 17.0. The molecule has 1 atom stereocenters. The molecule has 0 saturated carbocycles. The monoisotopic (exact) mass is 502 g/mol. The molecule has 1 aliphatic rings. The Hall–Kier alpha value is -4.22. The number of amides is 1. The standard InChI is InChI=1S/C24H21F3N4O5/c1-4-9-36-22(33)14-5-6-15-13(12(14)2)7-8-16(15)29-21(32)18-10-17(23(34)35-3)28-20-11-19(24(25,26)27)30-31(18)20/h4-6,10-11,16H,1,7-9H2,2-3H3,(H,29,32). The van der Waals surface area contributed by atoms with Gasteiger partial charge in [0.2, 0.25) is 0 Å². The fourth-order valence-electron chi connectivity index (χ4n) is 4.18. The molecule has 0 spiro atoms. The van der Waals surface area contributed by atoms with Gasteiger partial charge in [0, 0.05) is 12.1 Å². The van der Waals surface area contributed by atoms with E-state index < -0.39 is 35.8 Å². The largest absolute Gasteiger partial charge is 0.464 e. The third-order valence-electron chi connectivity index (χ3n) is 5.90. The van der Waals surface area contributed by atoms with Gasteiger partial charge in [-0.3, -0.25) is 4.79 Å². The Balaban J connectivity index is 1.67. The van der Waals surface area contributed by atoms with Gasteiger partial charge in [0.1, 0.15) is 12.3 Å². The number of methoxy groups -OCH3 is 1. The Morgan fingerprint density at radius 2 is 2.00 bits per heavy atom. The molecule has 3 aromatic rings. The Labute approximate surface area is 202 Å². The SMILES string of the molecule is C=CCOC(=O)c1ccc2c(c1C)CCC2NC(=O)c1cc(C(=O)OC)nc2cc(C(F)(F)F)nn12. The number of nitrogens with zero attached hydrogens (tertiary/aromatic N) is 3. The minimum Gasteiger partial charge on any atom is -0.464 e. The summed E-state index contributed by atoms with van der Waals surface area (Å²) in [6.07, 6.45) is -2.25. The van der Waals surface area contributed by atoms with Crippen molar-refractivity contribution in [1.29, 1.82) is 0 Å². The lowest BCUT2D eigenvalue weighted by Gasteiger charge is -2.16. The molecule has 36 heavy (non-hydrogen) atoms. The summed E-state index contributed by atoms with van der Waals surface area (Å²) in [7, 11) is 1.09.